The van der Waals surface area contributed by atoms with E-state index in [1.54, 1.807) is 0 Å². The normalized spacial score (nSPS) is 9.85. The Bertz CT molecular complexity index is 283. The number of nitriles is 1. The molecule has 0 aliphatic rings. The van der Waals surface area contributed by atoms with Crippen LogP contribution in [-0.4, -0.2) is 17.7 Å². The largest absolute Gasteiger partial charge is 0.338 e. The second-order valence-electron chi connectivity index (χ2n) is 2.95. The third-order valence-electron chi connectivity index (χ3n) is 1.90. The van der Waals surface area contributed by atoms with Crippen molar-refractivity contribution in [3.8, 4) is 6.07 Å². The van der Waals surface area contributed by atoms with Gasteiger partial charge in [0.15, 0.2) is 0 Å². The fraction of sp³-hybridized carbons (Fsp3) is 0.500. The van der Waals surface area contributed by atoms with Crippen LogP contribution < -0.4 is 5.32 Å². The molecule has 1 heterocycles. The molecule has 0 fully saturated rings. The zero-order chi connectivity index (χ0) is 9.52. The van der Waals surface area contributed by atoms with E-state index in [0.29, 0.717) is 0 Å². The molecule has 0 atom stereocenters. The minimum absolute atomic E-state index is 0.735. The highest BCUT2D eigenvalue weighted by Gasteiger charge is 1.97. The monoisotopic (exact) mass is 177 g/mol. The Labute approximate surface area is 79.0 Å². The highest BCUT2D eigenvalue weighted by molar-refractivity contribution is 5.21. The van der Waals surface area contributed by atoms with Crippen LogP contribution in [0.1, 0.15) is 19.0 Å². The van der Waals surface area contributed by atoms with Crippen LogP contribution in [0.2, 0.25) is 0 Å². The highest BCUT2D eigenvalue weighted by atomic mass is 15.0. The summed E-state index contributed by atoms with van der Waals surface area (Å²) in [5, 5.41) is 12.0. The summed E-state index contributed by atoms with van der Waals surface area (Å²) in [6.45, 7) is 4.99. The molecule has 1 aromatic heterocycles. The SMILES string of the molecule is CCCNCCn1cccc1C#N. The van der Waals surface area contributed by atoms with Crippen LogP contribution in [-0.2, 0) is 6.54 Å². The van der Waals surface area contributed by atoms with E-state index in [-0.39, 0.29) is 0 Å². The molecule has 1 aromatic rings. The van der Waals surface area contributed by atoms with Gasteiger partial charge in [0, 0.05) is 19.3 Å². The van der Waals surface area contributed by atoms with Crippen LogP contribution >= 0.6 is 0 Å². The van der Waals surface area contributed by atoms with Crippen molar-refractivity contribution >= 4 is 0 Å². The summed E-state index contributed by atoms with van der Waals surface area (Å²) < 4.78 is 1.96. The van der Waals surface area contributed by atoms with Crippen LogP contribution in [0.4, 0.5) is 0 Å². The number of rotatable bonds is 5. The van der Waals surface area contributed by atoms with Gasteiger partial charge in [0.1, 0.15) is 11.8 Å². The molecule has 1 N–H and O–H groups in total. The second-order valence-corrected chi connectivity index (χ2v) is 2.95. The fourth-order valence-electron chi connectivity index (χ4n) is 1.21. The van der Waals surface area contributed by atoms with Crippen molar-refractivity contribution < 1.29 is 0 Å². The van der Waals surface area contributed by atoms with Gasteiger partial charge >= 0.3 is 0 Å². The number of nitrogens with zero attached hydrogens (tertiary/aromatic N) is 2. The zero-order valence-corrected chi connectivity index (χ0v) is 7.95. The molecule has 0 saturated carbocycles. The van der Waals surface area contributed by atoms with E-state index in [2.05, 4.69) is 18.3 Å². The van der Waals surface area contributed by atoms with Crippen molar-refractivity contribution in [2.45, 2.75) is 19.9 Å². The van der Waals surface area contributed by atoms with Crippen LogP contribution in [0.25, 0.3) is 0 Å². The highest BCUT2D eigenvalue weighted by Crippen LogP contribution is 1.98. The average Bonchev–Trinajstić information content (AvgIpc) is 2.60. The molecular weight excluding hydrogens is 162 g/mol. The minimum Gasteiger partial charge on any atom is -0.338 e. The van der Waals surface area contributed by atoms with Gasteiger partial charge in [-0.3, -0.25) is 0 Å². The summed E-state index contributed by atoms with van der Waals surface area (Å²) in [7, 11) is 0. The number of hydrogen-bond acceptors (Lipinski definition) is 2. The van der Waals surface area contributed by atoms with Crippen LogP contribution in [0.3, 0.4) is 0 Å². The van der Waals surface area contributed by atoms with E-state index < -0.39 is 0 Å². The standard InChI is InChI=1S/C10H15N3/c1-2-5-12-6-8-13-7-3-4-10(13)9-11/h3-4,7,12H,2,5-6,8H2,1H3. The van der Waals surface area contributed by atoms with E-state index in [0.717, 1.165) is 31.7 Å². The minimum atomic E-state index is 0.735. The average molecular weight is 177 g/mol. The van der Waals surface area contributed by atoms with Gasteiger partial charge in [0.2, 0.25) is 0 Å². The molecule has 3 nitrogen and oxygen atoms in total. The first-order valence-electron chi connectivity index (χ1n) is 4.64. The van der Waals surface area contributed by atoms with Gasteiger partial charge in [-0.05, 0) is 25.1 Å². The maximum Gasteiger partial charge on any atom is 0.120 e. The molecule has 0 aliphatic carbocycles. The van der Waals surface area contributed by atoms with Crippen LogP contribution in [0.5, 0.6) is 0 Å². The molecule has 1 rings (SSSR count). The molecule has 0 aromatic carbocycles. The molecule has 0 aliphatic heterocycles. The first kappa shape index (κ1) is 9.82. The molecule has 0 unspecified atom stereocenters. The lowest BCUT2D eigenvalue weighted by molar-refractivity contribution is 0.592. The van der Waals surface area contributed by atoms with Crippen molar-refractivity contribution in [1.82, 2.24) is 9.88 Å². The van der Waals surface area contributed by atoms with E-state index in [1.165, 1.54) is 0 Å². The molecular formula is C10H15N3. The van der Waals surface area contributed by atoms with Crippen molar-refractivity contribution in [3.05, 3.63) is 24.0 Å². The lowest BCUT2D eigenvalue weighted by Crippen LogP contribution is -2.20. The van der Waals surface area contributed by atoms with Gasteiger partial charge in [-0.2, -0.15) is 5.26 Å². The molecule has 0 radical (unpaired) electrons. The Morgan fingerprint density at radius 3 is 3.08 bits per heavy atom. The zero-order valence-electron chi connectivity index (χ0n) is 7.95. The van der Waals surface area contributed by atoms with E-state index in [1.807, 2.05) is 22.9 Å². The predicted octanol–water partition coefficient (Wildman–Crippen LogP) is 1.36. The molecule has 0 saturated heterocycles. The molecule has 3 heteroatoms. The van der Waals surface area contributed by atoms with Crippen molar-refractivity contribution in [2.24, 2.45) is 0 Å². The third-order valence-corrected chi connectivity index (χ3v) is 1.90. The second kappa shape index (κ2) is 5.39. The summed E-state index contributed by atoms with van der Waals surface area (Å²) in [6.07, 6.45) is 3.09. The lowest BCUT2D eigenvalue weighted by atomic mass is 10.4. The van der Waals surface area contributed by atoms with E-state index in [4.69, 9.17) is 5.26 Å². The molecule has 70 valence electrons. The van der Waals surface area contributed by atoms with Crippen LogP contribution in [0.15, 0.2) is 18.3 Å². The number of aromatic nitrogens is 1. The summed E-state index contributed by atoms with van der Waals surface area (Å²) in [4.78, 5) is 0. The molecule has 0 bridgehead atoms. The summed E-state index contributed by atoms with van der Waals surface area (Å²) in [5.41, 5.74) is 0.735. The maximum absolute atomic E-state index is 8.72. The maximum atomic E-state index is 8.72. The van der Waals surface area contributed by atoms with Gasteiger partial charge in [0.25, 0.3) is 0 Å². The van der Waals surface area contributed by atoms with E-state index >= 15 is 0 Å². The topological polar surface area (TPSA) is 40.8 Å². The van der Waals surface area contributed by atoms with Crippen LogP contribution in [0, 0.1) is 11.3 Å². The van der Waals surface area contributed by atoms with Gasteiger partial charge in [-0.1, -0.05) is 6.92 Å². The predicted molar refractivity (Wildman–Crippen MR) is 52.3 cm³/mol. The quantitative estimate of drug-likeness (QED) is 0.690. The molecule has 0 amide bonds. The van der Waals surface area contributed by atoms with Crippen molar-refractivity contribution in [2.75, 3.05) is 13.1 Å². The molecule has 13 heavy (non-hydrogen) atoms. The Hall–Kier alpha value is -1.27. The summed E-state index contributed by atoms with van der Waals surface area (Å²) in [6, 6.07) is 5.89. The number of hydrogen-bond donors (Lipinski definition) is 1. The van der Waals surface area contributed by atoms with E-state index in [9.17, 15) is 0 Å². The van der Waals surface area contributed by atoms with Gasteiger partial charge in [0.05, 0.1) is 0 Å². The first-order valence-corrected chi connectivity index (χ1v) is 4.64. The molecule has 0 spiro atoms. The Morgan fingerprint density at radius 2 is 2.38 bits per heavy atom. The Balaban J connectivity index is 2.33. The smallest absolute Gasteiger partial charge is 0.120 e. The Kier molecular flexibility index (Phi) is 4.07. The van der Waals surface area contributed by atoms with Gasteiger partial charge in [-0.25, -0.2) is 0 Å². The summed E-state index contributed by atoms with van der Waals surface area (Å²) in [5.74, 6) is 0. The lowest BCUT2D eigenvalue weighted by Gasteiger charge is -2.05. The third kappa shape index (κ3) is 2.92. The van der Waals surface area contributed by atoms with Gasteiger partial charge < -0.3 is 9.88 Å². The first-order chi connectivity index (χ1) is 6.38. The van der Waals surface area contributed by atoms with Gasteiger partial charge in [-0.15, -0.1) is 0 Å². The fourth-order valence-corrected chi connectivity index (χ4v) is 1.21. The summed E-state index contributed by atoms with van der Waals surface area (Å²) >= 11 is 0. The van der Waals surface area contributed by atoms with Crippen molar-refractivity contribution in [3.63, 3.8) is 0 Å². The number of nitrogens with one attached hydrogen (secondary N) is 1. The Morgan fingerprint density at radius 1 is 1.54 bits per heavy atom. The van der Waals surface area contributed by atoms with Crippen molar-refractivity contribution in [1.29, 1.82) is 5.26 Å².